The van der Waals surface area contributed by atoms with Gasteiger partial charge in [0, 0.05) is 11.6 Å². The van der Waals surface area contributed by atoms with Crippen molar-refractivity contribution in [2.45, 2.75) is 19.4 Å². The molecule has 0 saturated carbocycles. The second-order valence-corrected chi connectivity index (χ2v) is 2.95. The summed E-state index contributed by atoms with van der Waals surface area (Å²) in [5, 5.41) is 27.0. The van der Waals surface area contributed by atoms with Gasteiger partial charge < -0.3 is 15.3 Å². The molecule has 0 fully saturated rings. The van der Waals surface area contributed by atoms with E-state index in [1.54, 1.807) is 19.1 Å². The lowest BCUT2D eigenvalue weighted by Crippen LogP contribution is -1.94. The van der Waals surface area contributed by atoms with Gasteiger partial charge in [0.2, 0.25) is 0 Å². The number of hydrogen-bond donors (Lipinski definition) is 4. The van der Waals surface area contributed by atoms with Crippen molar-refractivity contribution in [3.8, 4) is 11.8 Å². The molecule has 0 spiro atoms. The highest BCUT2D eigenvalue weighted by Gasteiger charge is 2.01. The number of rotatable bonds is 3. The predicted molar refractivity (Wildman–Crippen MR) is 49.5 cm³/mol. The Morgan fingerprint density at radius 1 is 1.54 bits per heavy atom. The molecule has 0 aliphatic carbocycles. The van der Waals surface area contributed by atoms with Crippen molar-refractivity contribution >= 4 is 6.08 Å². The maximum absolute atomic E-state index is 9.17. The minimum atomic E-state index is -0.397. The van der Waals surface area contributed by atoms with Crippen LogP contribution in [0.4, 0.5) is 0 Å². The SMILES string of the molecule is CC(O)CC=Cc1cc(O)[nH]c1O. The fourth-order valence-electron chi connectivity index (χ4n) is 0.964. The Balaban J connectivity index is 2.63. The first-order valence-electron chi connectivity index (χ1n) is 4.05. The van der Waals surface area contributed by atoms with Crippen LogP contribution in [0.2, 0.25) is 0 Å². The average Bonchev–Trinajstić information content (AvgIpc) is 2.29. The summed E-state index contributed by atoms with van der Waals surface area (Å²) in [6, 6.07) is 1.41. The molecule has 72 valence electrons. The van der Waals surface area contributed by atoms with Gasteiger partial charge in [-0.25, -0.2) is 0 Å². The first-order valence-corrected chi connectivity index (χ1v) is 4.05. The van der Waals surface area contributed by atoms with Gasteiger partial charge in [-0.15, -0.1) is 0 Å². The molecule has 1 unspecified atom stereocenters. The highest BCUT2D eigenvalue weighted by molar-refractivity contribution is 5.56. The number of nitrogens with one attached hydrogen (secondary N) is 1. The maximum Gasteiger partial charge on any atom is 0.198 e. The Hall–Kier alpha value is -1.42. The predicted octanol–water partition coefficient (Wildman–Crippen LogP) is 1.21. The Morgan fingerprint density at radius 3 is 2.69 bits per heavy atom. The topological polar surface area (TPSA) is 76.5 Å². The first-order chi connectivity index (χ1) is 6.09. The number of aromatic amines is 1. The van der Waals surface area contributed by atoms with Gasteiger partial charge in [0.05, 0.1) is 6.10 Å². The fraction of sp³-hybridized carbons (Fsp3) is 0.333. The molecule has 0 amide bonds. The van der Waals surface area contributed by atoms with Gasteiger partial charge in [-0.05, 0) is 13.3 Å². The molecule has 1 aromatic heterocycles. The molecule has 0 saturated heterocycles. The smallest absolute Gasteiger partial charge is 0.198 e. The molecular weight excluding hydrogens is 170 g/mol. The summed E-state index contributed by atoms with van der Waals surface area (Å²) < 4.78 is 0. The van der Waals surface area contributed by atoms with E-state index in [0.717, 1.165) is 0 Å². The lowest BCUT2D eigenvalue weighted by molar-refractivity contribution is 0.198. The number of aromatic nitrogens is 1. The number of aromatic hydroxyl groups is 2. The number of aliphatic hydroxyl groups excluding tert-OH is 1. The number of H-pyrrole nitrogens is 1. The van der Waals surface area contributed by atoms with Crippen LogP contribution in [-0.4, -0.2) is 26.4 Å². The van der Waals surface area contributed by atoms with E-state index in [9.17, 15) is 0 Å². The minimum absolute atomic E-state index is 0.0701. The summed E-state index contributed by atoms with van der Waals surface area (Å²) in [6.45, 7) is 1.68. The first kappa shape index (κ1) is 9.67. The van der Waals surface area contributed by atoms with Crippen LogP contribution in [0.15, 0.2) is 12.1 Å². The minimum Gasteiger partial charge on any atom is -0.494 e. The maximum atomic E-state index is 9.17. The highest BCUT2D eigenvalue weighted by Crippen LogP contribution is 2.22. The van der Waals surface area contributed by atoms with E-state index in [-0.39, 0.29) is 11.8 Å². The van der Waals surface area contributed by atoms with E-state index in [0.29, 0.717) is 12.0 Å². The molecule has 0 radical (unpaired) electrons. The summed E-state index contributed by atoms with van der Waals surface area (Å²) in [7, 11) is 0. The normalized spacial score (nSPS) is 13.7. The molecule has 0 aliphatic heterocycles. The third kappa shape index (κ3) is 2.83. The zero-order valence-corrected chi connectivity index (χ0v) is 7.36. The van der Waals surface area contributed by atoms with E-state index in [1.165, 1.54) is 6.07 Å². The molecule has 0 aromatic carbocycles. The largest absolute Gasteiger partial charge is 0.494 e. The monoisotopic (exact) mass is 183 g/mol. The van der Waals surface area contributed by atoms with Gasteiger partial charge in [0.15, 0.2) is 11.8 Å². The summed E-state index contributed by atoms with van der Waals surface area (Å²) >= 11 is 0. The molecule has 4 nitrogen and oxygen atoms in total. The van der Waals surface area contributed by atoms with Crippen LogP contribution in [0.25, 0.3) is 6.08 Å². The van der Waals surface area contributed by atoms with Gasteiger partial charge in [0.1, 0.15) is 0 Å². The molecule has 1 rings (SSSR count). The van der Waals surface area contributed by atoms with Gasteiger partial charge in [-0.2, -0.15) is 0 Å². The lowest BCUT2D eigenvalue weighted by Gasteiger charge is -1.95. The van der Waals surface area contributed by atoms with E-state index in [2.05, 4.69) is 4.98 Å². The second-order valence-electron chi connectivity index (χ2n) is 2.95. The van der Waals surface area contributed by atoms with Crippen LogP contribution in [0.3, 0.4) is 0 Å². The molecule has 13 heavy (non-hydrogen) atoms. The zero-order chi connectivity index (χ0) is 9.84. The summed E-state index contributed by atoms with van der Waals surface area (Å²) in [5.41, 5.74) is 0.512. The van der Waals surface area contributed by atoms with Crippen molar-refractivity contribution in [2.24, 2.45) is 0 Å². The second kappa shape index (κ2) is 4.00. The quantitative estimate of drug-likeness (QED) is 0.569. The van der Waals surface area contributed by atoms with Crippen LogP contribution >= 0.6 is 0 Å². The van der Waals surface area contributed by atoms with Crippen LogP contribution in [0.5, 0.6) is 11.8 Å². The fourth-order valence-corrected chi connectivity index (χ4v) is 0.964. The van der Waals surface area contributed by atoms with Gasteiger partial charge in [-0.3, -0.25) is 4.98 Å². The zero-order valence-electron chi connectivity index (χ0n) is 7.36. The van der Waals surface area contributed by atoms with Crippen molar-refractivity contribution in [2.75, 3.05) is 0 Å². The summed E-state index contributed by atoms with van der Waals surface area (Å²) in [4.78, 5) is 2.34. The third-order valence-corrected chi connectivity index (χ3v) is 1.59. The Labute approximate surface area is 76.2 Å². The molecule has 0 bridgehead atoms. The molecule has 4 heteroatoms. The Bertz CT molecular complexity index is 302. The highest BCUT2D eigenvalue weighted by atomic mass is 16.3. The van der Waals surface area contributed by atoms with E-state index >= 15 is 0 Å². The van der Waals surface area contributed by atoms with Crippen molar-refractivity contribution in [3.63, 3.8) is 0 Å². The van der Waals surface area contributed by atoms with Crippen LogP contribution in [-0.2, 0) is 0 Å². The van der Waals surface area contributed by atoms with Crippen LogP contribution in [0.1, 0.15) is 18.9 Å². The summed E-state index contributed by atoms with van der Waals surface area (Å²) in [5.74, 6) is -0.145. The van der Waals surface area contributed by atoms with Crippen LogP contribution in [0, 0.1) is 0 Å². The van der Waals surface area contributed by atoms with Crippen molar-refractivity contribution in [3.05, 3.63) is 17.7 Å². The molecule has 1 atom stereocenters. The standard InChI is InChI=1S/C9H13NO3/c1-6(11)3-2-4-7-5-8(12)10-9(7)13/h2,4-6,10-13H,3H2,1H3. The molecule has 1 heterocycles. The molecule has 4 N–H and O–H groups in total. The van der Waals surface area contributed by atoms with Crippen LogP contribution < -0.4 is 0 Å². The molecule has 1 aromatic rings. The Kier molecular flexibility index (Phi) is 2.97. The number of aliphatic hydroxyl groups is 1. The summed E-state index contributed by atoms with van der Waals surface area (Å²) in [6.07, 6.45) is 3.49. The third-order valence-electron chi connectivity index (χ3n) is 1.59. The van der Waals surface area contributed by atoms with Crippen molar-refractivity contribution < 1.29 is 15.3 Å². The van der Waals surface area contributed by atoms with Crippen molar-refractivity contribution in [1.29, 1.82) is 0 Å². The van der Waals surface area contributed by atoms with E-state index in [4.69, 9.17) is 15.3 Å². The average molecular weight is 183 g/mol. The van der Waals surface area contributed by atoms with E-state index < -0.39 is 6.10 Å². The molecular formula is C9H13NO3. The van der Waals surface area contributed by atoms with Crippen molar-refractivity contribution in [1.82, 2.24) is 4.98 Å². The molecule has 0 aliphatic rings. The van der Waals surface area contributed by atoms with Gasteiger partial charge >= 0.3 is 0 Å². The van der Waals surface area contributed by atoms with Gasteiger partial charge in [0.25, 0.3) is 0 Å². The van der Waals surface area contributed by atoms with Gasteiger partial charge in [-0.1, -0.05) is 12.2 Å². The number of hydrogen-bond acceptors (Lipinski definition) is 3. The Morgan fingerprint density at radius 2 is 2.23 bits per heavy atom. The lowest BCUT2D eigenvalue weighted by atomic mass is 10.2. The van der Waals surface area contributed by atoms with E-state index in [1.807, 2.05) is 0 Å².